The molecule has 0 N–H and O–H groups in total. The van der Waals surface area contributed by atoms with Gasteiger partial charge in [-0.3, -0.25) is 14.7 Å². The molecule has 2 aromatic carbocycles. The van der Waals surface area contributed by atoms with Crippen LogP contribution in [0.15, 0.2) is 65.4 Å². The van der Waals surface area contributed by atoms with E-state index in [2.05, 4.69) is 45.4 Å². The molecule has 1 radical (unpaired) electrons. The number of carbonyl (C=O) groups is 2. The summed E-state index contributed by atoms with van der Waals surface area (Å²) >= 11 is 0. The van der Waals surface area contributed by atoms with Crippen LogP contribution in [0.3, 0.4) is 0 Å². The van der Waals surface area contributed by atoms with Gasteiger partial charge in [-0.25, -0.2) is 0 Å². The second-order valence-electron chi connectivity index (χ2n) is 10.1. The van der Waals surface area contributed by atoms with Crippen LogP contribution in [0.5, 0.6) is 0 Å². The Morgan fingerprint density at radius 3 is 2.57 bits per heavy atom. The Morgan fingerprint density at radius 1 is 1.05 bits per heavy atom. The summed E-state index contributed by atoms with van der Waals surface area (Å²) < 4.78 is 5.17. The zero-order chi connectivity index (χ0) is 25.6. The minimum Gasteiger partial charge on any atom is -0.361 e. The van der Waals surface area contributed by atoms with Gasteiger partial charge in [0, 0.05) is 42.4 Å². The monoisotopic (exact) mass is 492 g/mol. The molecule has 7 heteroatoms. The van der Waals surface area contributed by atoms with Crippen molar-refractivity contribution in [2.45, 2.75) is 45.5 Å². The smallest absolute Gasteiger partial charge is 0.197 e. The molecule has 3 heterocycles. The predicted octanol–water partition coefficient (Wildman–Crippen LogP) is 5.08. The van der Waals surface area contributed by atoms with Crippen molar-refractivity contribution in [2.24, 2.45) is 5.92 Å². The van der Waals surface area contributed by atoms with E-state index in [1.54, 1.807) is 13.3 Å². The van der Waals surface area contributed by atoms with Crippen LogP contribution in [0, 0.1) is 12.8 Å². The SMILES string of the molecule is Cc1cc(CC(=O)Cc2ccc(-c3cncc4ccc(CN5CCC(C[B]C=O)CC5)cc34)cc2)on1. The summed E-state index contributed by atoms with van der Waals surface area (Å²) in [7, 11) is 1.75. The van der Waals surface area contributed by atoms with Crippen molar-refractivity contribution >= 4 is 30.0 Å². The number of pyridine rings is 1. The van der Waals surface area contributed by atoms with Crippen LogP contribution in [0.25, 0.3) is 21.9 Å². The van der Waals surface area contributed by atoms with E-state index >= 15 is 0 Å². The van der Waals surface area contributed by atoms with E-state index in [1.165, 1.54) is 10.9 Å². The van der Waals surface area contributed by atoms with E-state index in [9.17, 15) is 9.59 Å². The van der Waals surface area contributed by atoms with E-state index in [0.717, 1.165) is 72.8 Å². The molecule has 37 heavy (non-hydrogen) atoms. The summed E-state index contributed by atoms with van der Waals surface area (Å²) in [5, 5.41) is 6.15. The summed E-state index contributed by atoms with van der Waals surface area (Å²) in [5.41, 5.74) is 5.24. The average molecular weight is 492 g/mol. The van der Waals surface area contributed by atoms with Gasteiger partial charge >= 0.3 is 0 Å². The zero-order valence-electron chi connectivity index (χ0n) is 21.2. The lowest BCUT2D eigenvalue weighted by atomic mass is 9.69. The van der Waals surface area contributed by atoms with Crippen LogP contribution in [0.4, 0.5) is 0 Å². The van der Waals surface area contributed by atoms with Gasteiger partial charge in [-0.15, -0.1) is 0 Å². The first-order valence-corrected chi connectivity index (χ1v) is 13.0. The van der Waals surface area contributed by atoms with Gasteiger partial charge in [0.15, 0.2) is 7.28 Å². The molecular weight excluding hydrogens is 461 g/mol. The zero-order valence-corrected chi connectivity index (χ0v) is 21.2. The van der Waals surface area contributed by atoms with Crippen molar-refractivity contribution in [3.63, 3.8) is 0 Å². The minimum atomic E-state index is 0.103. The first-order chi connectivity index (χ1) is 18.1. The molecule has 0 saturated carbocycles. The molecule has 1 aliphatic heterocycles. The highest BCUT2D eigenvalue weighted by atomic mass is 16.5. The number of likely N-dealkylation sites (tertiary alicyclic amines) is 1. The maximum Gasteiger partial charge on any atom is 0.197 e. The highest BCUT2D eigenvalue weighted by Gasteiger charge is 2.19. The summed E-state index contributed by atoms with van der Waals surface area (Å²) in [6.45, 7) is 4.90. The number of ketones is 1. The quantitative estimate of drug-likeness (QED) is 0.227. The molecule has 1 aliphatic rings. The molecule has 0 atom stereocenters. The Balaban J connectivity index is 1.26. The van der Waals surface area contributed by atoms with Crippen molar-refractivity contribution in [2.75, 3.05) is 13.1 Å². The largest absolute Gasteiger partial charge is 0.361 e. The number of fused-ring (bicyclic) bond motifs is 1. The molecule has 0 spiro atoms. The number of nitrogens with zero attached hydrogens (tertiary/aromatic N) is 3. The third-order valence-electron chi connectivity index (χ3n) is 7.22. The first kappa shape index (κ1) is 25.1. The Hall–Kier alpha value is -3.58. The topological polar surface area (TPSA) is 76.3 Å². The fourth-order valence-electron chi connectivity index (χ4n) is 5.21. The van der Waals surface area contributed by atoms with Crippen molar-refractivity contribution in [3.8, 4) is 11.1 Å². The van der Waals surface area contributed by atoms with E-state index < -0.39 is 0 Å². The van der Waals surface area contributed by atoms with E-state index in [0.29, 0.717) is 18.1 Å². The van der Waals surface area contributed by atoms with Crippen LogP contribution in [-0.4, -0.2) is 47.4 Å². The lowest BCUT2D eigenvalue weighted by Crippen LogP contribution is -2.33. The number of piperidine rings is 1. The fourth-order valence-corrected chi connectivity index (χ4v) is 5.21. The van der Waals surface area contributed by atoms with Crippen LogP contribution in [0.2, 0.25) is 6.32 Å². The second-order valence-corrected chi connectivity index (χ2v) is 10.1. The Kier molecular flexibility index (Phi) is 7.90. The molecule has 1 fully saturated rings. The number of hydrogen-bond acceptors (Lipinski definition) is 6. The highest BCUT2D eigenvalue weighted by molar-refractivity contribution is 6.66. The molecule has 6 nitrogen and oxygen atoms in total. The molecule has 0 unspecified atom stereocenters. The maximum atomic E-state index is 12.5. The molecular formula is C30H31BN3O3. The molecule has 1 saturated heterocycles. The number of Topliss-reactive ketones (excluding diaryl/α,β-unsaturated/α-hetero) is 1. The number of hydrogen-bond donors (Lipinski definition) is 0. The van der Waals surface area contributed by atoms with Crippen molar-refractivity contribution in [1.29, 1.82) is 0 Å². The summed E-state index contributed by atoms with van der Waals surface area (Å²) in [6, 6.07) is 16.6. The Bertz CT molecular complexity index is 1370. The number of aromatic nitrogens is 2. The summed E-state index contributed by atoms with van der Waals surface area (Å²) in [4.78, 5) is 30.1. The van der Waals surface area contributed by atoms with Gasteiger partial charge in [-0.05, 0) is 66.9 Å². The number of benzene rings is 2. The lowest BCUT2D eigenvalue weighted by molar-refractivity contribution is -0.118. The highest BCUT2D eigenvalue weighted by Crippen LogP contribution is 2.30. The maximum absolute atomic E-state index is 12.5. The summed E-state index contributed by atoms with van der Waals surface area (Å²) in [5.74, 6) is 1.34. The van der Waals surface area contributed by atoms with E-state index in [4.69, 9.17) is 4.52 Å². The fraction of sp³-hybridized carbons (Fsp3) is 0.333. The van der Waals surface area contributed by atoms with E-state index in [-0.39, 0.29) is 12.2 Å². The van der Waals surface area contributed by atoms with Crippen LogP contribution in [0.1, 0.15) is 35.4 Å². The van der Waals surface area contributed by atoms with Gasteiger partial charge in [0.2, 0.25) is 0 Å². The predicted molar refractivity (Wildman–Crippen MR) is 146 cm³/mol. The van der Waals surface area contributed by atoms with Crippen molar-refractivity contribution in [1.82, 2.24) is 15.0 Å². The molecule has 5 rings (SSSR count). The van der Waals surface area contributed by atoms with Gasteiger partial charge < -0.3 is 9.32 Å². The van der Waals surface area contributed by atoms with Crippen LogP contribution < -0.4 is 0 Å². The normalized spacial score (nSPS) is 14.6. The number of carbonyl (C=O) groups excluding carboxylic acids is 2. The standard InChI is InChI=1S/C30H31BN3O3/c1-21-12-28(37-33-21)15-27(36)13-22-2-5-25(6-3-22)30-18-32-17-26-7-4-24(14-29(26)30)19-34-10-8-23(9-11-34)16-31-20-35/h2-7,12,14,17-18,20,23H,8-11,13,15-16,19H2,1H3. The second kappa shape index (κ2) is 11.7. The average Bonchev–Trinajstić information content (AvgIpc) is 3.32. The summed E-state index contributed by atoms with van der Waals surface area (Å²) in [6.07, 6.45) is 8.55. The van der Waals surface area contributed by atoms with Gasteiger partial charge in [-0.1, -0.05) is 47.9 Å². The molecule has 187 valence electrons. The van der Waals surface area contributed by atoms with Crippen molar-refractivity contribution in [3.05, 3.63) is 83.5 Å². The van der Waals surface area contributed by atoms with Gasteiger partial charge in [0.05, 0.1) is 18.3 Å². The van der Waals surface area contributed by atoms with Crippen molar-refractivity contribution < 1.29 is 14.1 Å². The van der Waals surface area contributed by atoms with Crippen LogP contribution in [-0.2, 0) is 29.0 Å². The minimum absolute atomic E-state index is 0.103. The number of rotatable bonds is 10. The van der Waals surface area contributed by atoms with Gasteiger partial charge in [-0.2, -0.15) is 0 Å². The number of aryl methyl sites for hydroxylation is 1. The van der Waals surface area contributed by atoms with Gasteiger partial charge in [0.25, 0.3) is 0 Å². The molecule has 0 bridgehead atoms. The molecule has 0 amide bonds. The van der Waals surface area contributed by atoms with E-state index in [1.807, 2.05) is 31.5 Å². The van der Waals surface area contributed by atoms with Gasteiger partial charge in [0.1, 0.15) is 11.5 Å². The molecule has 4 aromatic rings. The Labute approximate surface area is 218 Å². The molecule has 2 aromatic heterocycles. The third kappa shape index (κ3) is 6.41. The Morgan fingerprint density at radius 2 is 1.84 bits per heavy atom. The lowest BCUT2D eigenvalue weighted by Gasteiger charge is -2.31. The molecule has 0 aliphatic carbocycles. The van der Waals surface area contributed by atoms with Crippen LogP contribution >= 0.6 is 0 Å². The first-order valence-electron chi connectivity index (χ1n) is 13.0. The third-order valence-corrected chi connectivity index (χ3v) is 7.22.